The number of aryl methyl sites for hydroxylation is 2. The third-order valence-electron chi connectivity index (χ3n) is 4.01. The van der Waals surface area contributed by atoms with Crippen LogP contribution in [0.3, 0.4) is 0 Å². The van der Waals surface area contributed by atoms with Gasteiger partial charge in [0.15, 0.2) is 0 Å². The molecular weight excluding hydrogens is 314 g/mol. The van der Waals surface area contributed by atoms with Crippen LogP contribution in [-0.4, -0.2) is 7.11 Å². The van der Waals surface area contributed by atoms with Crippen LogP contribution in [0.5, 0.6) is 5.75 Å². The van der Waals surface area contributed by atoms with E-state index in [2.05, 4.69) is 34.1 Å². The van der Waals surface area contributed by atoms with Crippen LogP contribution in [0.25, 0.3) is 0 Å². The average molecular weight is 332 g/mol. The molecule has 0 bridgehead atoms. The summed E-state index contributed by atoms with van der Waals surface area (Å²) in [4.78, 5) is 0. The molecule has 2 nitrogen and oxygen atoms in total. The Balaban J connectivity index is 1.98. The fourth-order valence-electron chi connectivity index (χ4n) is 2.91. The molecular formula is C17H18BrNO. The first-order valence-electron chi connectivity index (χ1n) is 6.90. The van der Waals surface area contributed by atoms with Gasteiger partial charge in [-0.3, -0.25) is 0 Å². The van der Waals surface area contributed by atoms with E-state index in [-0.39, 0.29) is 6.04 Å². The normalized spacial score (nSPS) is 14.9. The van der Waals surface area contributed by atoms with Gasteiger partial charge in [-0.05, 0) is 48.1 Å². The second-order valence-electron chi connectivity index (χ2n) is 5.25. The van der Waals surface area contributed by atoms with Crippen molar-refractivity contribution in [3.8, 4) is 5.75 Å². The van der Waals surface area contributed by atoms with Crippen LogP contribution in [-0.2, 0) is 12.8 Å². The highest BCUT2D eigenvalue weighted by Crippen LogP contribution is 2.33. The lowest BCUT2D eigenvalue weighted by Crippen LogP contribution is -2.13. The standard InChI is InChI=1S/C17H18BrNO/c1-20-16-10-14(18)7-8-15(16)17(19)13-6-5-11-3-2-4-12(11)9-13/h5-10,17H,2-4,19H2,1H3. The van der Waals surface area contributed by atoms with E-state index in [0.717, 1.165) is 21.3 Å². The summed E-state index contributed by atoms with van der Waals surface area (Å²) < 4.78 is 6.45. The minimum Gasteiger partial charge on any atom is -0.496 e. The smallest absolute Gasteiger partial charge is 0.125 e. The SMILES string of the molecule is COc1cc(Br)ccc1C(N)c1ccc2c(c1)CCC2. The van der Waals surface area contributed by atoms with E-state index in [1.54, 1.807) is 7.11 Å². The molecule has 0 aromatic heterocycles. The third kappa shape index (κ3) is 2.48. The Morgan fingerprint density at radius 2 is 1.90 bits per heavy atom. The predicted octanol–water partition coefficient (Wildman–Crippen LogP) is 3.99. The molecule has 2 aromatic carbocycles. The summed E-state index contributed by atoms with van der Waals surface area (Å²) >= 11 is 3.46. The van der Waals surface area contributed by atoms with Gasteiger partial charge in [0.05, 0.1) is 13.2 Å². The van der Waals surface area contributed by atoms with Gasteiger partial charge < -0.3 is 10.5 Å². The first-order chi connectivity index (χ1) is 9.69. The summed E-state index contributed by atoms with van der Waals surface area (Å²) in [5.41, 5.74) is 11.6. The number of fused-ring (bicyclic) bond motifs is 1. The molecule has 2 aromatic rings. The lowest BCUT2D eigenvalue weighted by molar-refractivity contribution is 0.407. The van der Waals surface area contributed by atoms with Gasteiger partial charge in [0.25, 0.3) is 0 Å². The lowest BCUT2D eigenvalue weighted by atomic mass is 9.96. The zero-order valence-corrected chi connectivity index (χ0v) is 13.1. The van der Waals surface area contributed by atoms with E-state index in [9.17, 15) is 0 Å². The molecule has 0 heterocycles. The second-order valence-corrected chi connectivity index (χ2v) is 6.16. The molecule has 0 saturated carbocycles. The van der Waals surface area contributed by atoms with Crippen molar-refractivity contribution in [3.05, 3.63) is 63.1 Å². The molecule has 2 N–H and O–H groups in total. The molecule has 1 unspecified atom stereocenters. The van der Waals surface area contributed by atoms with Crippen molar-refractivity contribution in [2.75, 3.05) is 7.11 Å². The summed E-state index contributed by atoms with van der Waals surface area (Å²) in [5, 5.41) is 0. The van der Waals surface area contributed by atoms with Gasteiger partial charge >= 0.3 is 0 Å². The molecule has 0 radical (unpaired) electrons. The van der Waals surface area contributed by atoms with Crippen LogP contribution in [0, 0.1) is 0 Å². The van der Waals surface area contributed by atoms with Crippen molar-refractivity contribution < 1.29 is 4.74 Å². The van der Waals surface area contributed by atoms with Gasteiger partial charge in [-0.25, -0.2) is 0 Å². The third-order valence-corrected chi connectivity index (χ3v) is 4.51. The van der Waals surface area contributed by atoms with E-state index >= 15 is 0 Å². The van der Waals surface area contributed by atoms with Crippen LogP contribution in [0.1, 0.15) is 34.7 Å². The van der Waals surface area contributed by atoms with Crippen molar-refractivity contribution in [3.63, 3.8) is 0 Å². The minimum atomic E-state index is -0.149. The molecule has 3 rings (SSSR count). The van der Waals surface area contributed by atoms with Crippen molar-refractivity contribution in [1.82, 2.24) is 0 Å². The van der Waals surface area contributed by atoms with Crippen molar-refractivity contribution in [2.24, 2.45) is 5.73 Å². The van der Waals surface area contributed by atoms with Gasteiger partial charge in [-0.2, -0.15) is 0 Å². The van der Waals surface area contributed by atoms with E-state index in [0.29, 0.717) is 0 Å². The van der Waals surface area contributed by atoms with Gasteiger partial charge in [-0.1, -0.05) is 40.2 Å². The van der Waals surface area contributed by atoms with Crippen molar-refractivity contribution in [2.45, 2.75) is 25.3 Å². The van der Waals surface area contributed by atoms with Crippen molar-refractivity contribution >= 4 is 15.9 Å². The summed E-state index contributed by atoms with van der Waals surface area (Å²) in [7, 11) is 1.68. The molecule has 0 spiro atoms. The Morgan fingerprint density at radius 3 is 2.70 bits per heavy atom. The Bertz CT molecular complexity index is 639. The Labute approximate surface area is 128 Å². The highest BCUT2D eigenvalue weighted by Gasteiger charge is 2.17. The highest BCUT2D eigenvalue weighted by molar-refractivity contribution is 9.10. The number of halogens is 1. The lowest BCUT2D eigenvalue weighted by Gasteiger charge is -2.17. The number of rotatable bonds is 3. The van der Waals surface area contributed by atoms with Crippen molar-refractivity contribution in [1.29, 1.82) is 0 Å². The molecule has 0 amide bonds. The van der Waals surface area contributed by atoms with Crippen LogP contribution in [0.15, 0.2) is 40.9 Å². The first-order valence-corrected chi connectivity index (χ1v) is 7.69. The van der Waals surface area contributed by atoms with Gasteiger partial charge in [0.2, 0.25) is 0 Å². The Kier molecular flexibility index (Phi) is 3.81. The first kappa shape index (κ1) is 13.7. The zero-order valence-electron chi connectivity index (χ0n) is 11.5. The number of nitrogens with two attached hydrogens (primary N) is 1. The van der Waals surface area contributed by atoms with Gasteiger partial charge in [-0.15, -0.1) is 0 Å². The van der Waals surface area contributed by atoms with E-state index in [4.69, 9.17) is 10.5 Å². The van der Waals surface area contributed by atoms with Gasteiger partial charge in [0, 0.05) is 10.0 Å². The summed E-state index contributed by atoms with van der Waals surface area (Å²) in [6, 6.07) is 12.5. The van der Waals surface area contributed by atoms with E-state index < -0.39 is 0 Å². The quantitative estimate of drug-likeness (QED) is 0.922. The zero-order chi connectivity index (χ0) is 14.1. The predicted molar refractivity (Wildman–Crippen MR) is 85.2 cm³/mol. The Morgan fingerprint density at radius 1 is 1.10 bits per heavy atom. The molecule has 1 atom stereocenters. The van der Waals surface area contributed by atoms with Gasteiger partial charge in [0.1, 0.15) is 5.75 Å². The van der Waals surface area contributed by atoms with Crippen LogP contribution < -0.4 is 10.5 Å². The number of hydrogen-bond acceptors (Lipinski definition) is 2. The molecule has 3 heteroatoms. The molecule has 0 saturated heterocycles. The largest absolute Gasteiger partial charge is 0.496 e. The molecule has 0 fully saturated rings. The fraction of sp³-hybridized carbons (Fsp3) is 0.294. The van der Waals surface area contributed by atoms with E-state index in [1.165, 1.54) is 30.4 Å². The maximum Gasteiger partial charge on any atom is 0.125 e. The highest BCUT2D eigenvalue weighted by atomic mass is 79.9. The average Bonchev–Trinajstić information content (AvgIpc) is 2.93. The minimum absolute atomic E-state index is 0.149. The van der Waals surface area contributed by atoms with Crippen LogP contribution >= 0.6 is 15.9 Å². The number of benzene rings is 2. The maximum absolute atomic E-state index is 6.44. The Hall–Kier alpha value is -1.32. The monoisotopic (exact) mass is 331 g/mol. The second kappa shape index (κ2) is 5.58. The number of ether oxygens (including phenoxy) is 1. The molecule has 20 heavy (non-hydrogen) atoms. The summed E-state index contributed by atoms with van der Waals surface area (Å²) in [6.45, 7) is 0. The summed E-state index contributed by atoms with van der Waals surface area (Å²) in [6.07, 6.45) is 3.63. The van der Waals surface area contributed by atoms with Crippen LogP contribution in [0.4, 0.5) is 0 Å². The number of hydrogen-bond donors (Lipinski definition) is 1. The maximum atomic E-state index is 6.44. The molecule has 0 aliphatic heterocycles. The topological polar surface area (TPSA) is 35.2 Å². The number of methoxy groups -OCH3 is 1. The van der Waals surface area contributed by atoms with Crippen LogP contribution in [0.2, 0.25) is 0 Å². The summed E-state index contributed by atoms with van der Waals surface area (Å²) in [5.74, 6) is 0.826. The molecule has 1 aliphatic carbocycles. The fourth-order valence-corrected chi connectivity index (χ4v) is 3.25. The molecule has 1 aliphatic rings. The molecule has 104 valence electrons. The van der Waals surface area contributed by atoms with E-state index in [1.807, 2.05) is 18.2 Å².